The number of nitrogens with two attached hydrogens (primary N) is 1. The Bertz CT molecular complexity index is 256. The summed E-state index contributed by atoms with van der Waals surface area (Å²) in [6.45, 7) is 3.31. The van der Waals surface area contributed by atoms with Crippen LogP contribution in [0.5, 0.6) is 0 Å². The second-order valence-electron chi connectivity index (χ2n) is 2.40. The maximum atomic E-state index is 12.7. The summed E-state index contributed by atoms with van der Waals surface area (Å²) >= 11 is 0. The summed E-state index contributed by atoms with van der Waals surface area (Å²) in [5, 5.41) is 2.58. The van der Waals surface area contributed by atoms with Gasteiger partial charge in [0, 0.05) is 11.4 Å². The highest BCUT2D eigenvalue weighted by Gasteiger charge is 1.98. The molecule has 0 saturated carbocycles. The molecule has 0 spiro atoms. The summed E-state index contributed by atoms with van der Waals surface area (Å²) in [7, 11) is 0. The zero-order valence-corrected chi connectivity index (χ0v) is 6.63. The Balaban J connectivity index is 2.64. The Kier molecular flexibility index (Phi) is 2.69. The van der Waals surface area contributed by atoms with Crippen LogP contribution in [0.1, 0.15) is 0 Å². The van der Waals surface area contributed by atoms with Gasteiger partial charge in [-0.1, -0.05) is 6.58 Å². The third kappa shape index (κ3) is 2.27. The maximum Gasteiger partial charge on any atom is 0.188 e. The lowest BCUT2D eigenvalue weighted by Crippen LogP contribution is -2.09. The van der Waals surface area contributed by atoms with Crippen molar-refractivity contribution in [2.24, 2.45) is 0 Å². The van der Waals surface area contributed by atoms with Gasteiger partial charge in [0.05, 0.1) is 0 Å². The first kappa shape index (κ1) is 8.59. The Morgan fingerprint density at radius 1 is 1.42 bits per heavy atom. The van der Waals surface area contributed by atoms with Crippen LogP contribution in [-0.4, -0.2) is 6.30 Å². The van der Waals surface area contributed by atoms with E-state index in [2.05, 4.69) is 11.9 Å². The second-order valence-corrected chi connectivity index (χ2v) is 2.40. The normalized spacial score (nSPS) is 12.1. The summed E-state index contributed by atoms with van der Waals surface area (Å²) in [6.07, 6.45) is -0.0234. The number of nitrogens with one attached hydrogen (secondary N) is 1. The van der Waals surface area contributed by atoms with Gasteiger partial charge < -0.3 is 11.1 Å². The molecule has 1 unspecified atom stereocenters. The standard InChI is InChI=1S/C9H11FN2/c1-2-9(10)12-8-5-3-7(11)4-6-8/h2-6,9,12H,1,11H2. The smallest absolute Gasteiger partial charge is 0.188 e. The van der Waals surface area contributed by atoms with E-state index in [1.165, 1.54) is 6.08 Å². The summed E-state index contributed by atoms with van der Waals surface area (Å²) in [5.74, 6) is 0. The first-order valence-electron chi connectivity index (χ1n) is 3.61. The molecule has 0 aliphatic carbocycles. The molecule has 1 aromatic rings. The highest BCUT2D eigenvalue weighted by Crippen LogP contribution is 2.11. The van der Waals surface area contributed by atoms with Crippen molar-refractivity contribution in [1.82, 2.24) is 0 Å². The Hall–Kier alpha value is -1.51. The van der Waals surface area contributed by atoms with Crippen LogP contribution < -0.4 is 11.1 Å². The fourth-order valence-corrected chi connectivity index (χ4v) is 0.797. The molecule has 3 heteroatoms. The molecule has 0 bridgehead atoms. The van der Waals surface area contributed by atoms with E-state index >= 15 is 0 Å². The van der Waals surface area contributed by atoms with Crippen LogP contribution in [-0.2, 0) is 0 Å². The molecule has 1 aromatic carbocycles. The van der Waals surface area contributed by atoms with E-state index < -0.39 is 6.30 Å². The monoisotopic (exact) mass is 166 g/mol. The van der Waals surface area contributed by atoms with Gasteiger partial charge >= 0.3 is 0 Å². The van der Waals surface area contributed by atoms with Crippen molar-refractivity contribution < 1.29 is 4.39 Å². The van der Waals surface area contributed by atoms with Crippen molar-refractivity contribution >= 4 is 11.4 Å². The lowest BCUT2D eigenvalue weighted by atomic mass is 10.3. The van der Waals surface area contributed by atoms with Crippen molar-refractivity contribution in [1.29, 1.82) is 0 Å². The van der Waals surface area contributed by atoms with Crippen molar-refractivity contribution in [2.45, 2.75) is 6.30 Å². The number of nitrogen functional groups attached to an aromatic ring is 1. The first-order valence-corrected chi connectivity index (χ1v) is 3.61. The summed E-state index contributed by atoms with van der Waals surface area (Å²) in [6, 6.07) is 6.84. The minimum Gasteiger partial charge on any atom is -0.399 e. The SMILES string of the molecule is C=CC(F)Nc1ccc(N)cc1. The van der Waals surface area contributed by atoms with E-state index in [9.17, 15) is 4.39 Å². The van der Waals surface area contributed by atoms with Gasteiger partial charge in [0.15, 0.2) is 6.30 Å². The number of anilines is 2. The minimum absolute atomic E-state index is 0.662. The summed E-state index contributed by atoms with van der Waals surface area (Å²) < 4.78 is 12.7. The quantitative estimate of drug-likeness (QED) is 0.410. The third-order valence-electron chi connectivity index (χ3n) is 1.42. The summed E-state index contributed by atoms with van der Waals surface area (Å²) in [4.78, 5) is 0. The lowest BCUT2D eigenvalue weighted by Gasteiger charge is -2.07. The first-order chi connectivity index (χ1) is 5.72. The molecule has 3 N–H and O–H groups in total. The Labute approximate surface area is 70.9 Å². The average Bonchev–Trinajstić information content (AvgIpc) is 2.09. The van der Waals surface area contributed by atoms with Crippen LogP contribution in [0.3, 0.4) is 0 Å². The molecule has 64 valence electrons. The van der Waals surface area contributed by atoms with E-state index in [4.69, 9.17) is 5.73 Å². The molecule has 2 nitrogen and oxygen atoms in total. The molecule has 0 aromatic heterocycles. The number of rotatable bonds is 3. The fourth-order valence-electron chi connectivity index (χ4n) is 0.797. The van der Waals surface area contributed by atoms with Gasteiger partial charge in [-0.15, -0.1) is 0 Å². The van der Waals surface area contributed by atoms with Gasteiger partial charge in [0.25, 0.3) is 0 Å². The minimum atomic E-state index is -1.21. The number of hydrogen-bond donors (Lipinski definition) is 2. The molecule has 0 radical (unpaired) electrons. The highest BCUT2D eigenvalue weighted by atomic mass is 19.1. The van der Waals surface area contributed by atoms with E-state index in [1.54, 1.807) is 24.3 Å². The topological polar surface area (TPSA) is 38.0 Å². The largest absolute Gasteiger partial charge is 0.399 e. The predicted molar refractivity (Wildman–Crippen MR) is 49.6 cm³/mol. The molecule has 1 rings (SSSR count). The van der Waals surface area contributed by atoms with Gasteiger partial charge in [-0.25, -0.2) is 4.39 Å². The zero-order valence-electron chi connectivity index (χ0n) is 6.63. The van der Waals surface area contributed by atoms with Crippen LogP contribution in [0.4, 0.5) is 15.8 Å². The molecule has 0 amide bonds. The number of halogens is 1. The van der Waals surface area contributed by atoms with E-state index in [-0.39, 0.29) is 0 Å². The van der Waals surface area contributed by atoms with Crippen LogP contribution >= 0.6 is 0 Å². The molecular weight excluding hydrogens is 155 g/mol. The highest BCUT2D eigenvalue weighted by molar-refractivity contribution is 5.51. The van der Waals surface area contributed by atoms with Crippen LogP contribution in [0, 0.1) is 0 Å². The number of hydrogen-bond acceptors (Lipinski definition) is 2. The van der Waals surface area contributed by atoms with Gasteiger partial charge in [-0.3, -0.25) is 0 Å². The van der Waals surface area contributed by atoms with Crippen LogP contribution in [0.2, 0.25) is 0 Å². The van der Waals surface area contributed by atoms with Crippen molar-refractivity contribution in [3.05, 3.63) is 36.9 Å². The molecule has 0 heterocycles. The van der Waals surface area contributed by atoms with Gasteiger partial charge in [0.2, 0.25) is 0 Å². The zero-order chi connectivity index (χ0) is 8.97. The van der Waals surface area contributed by atoms with Crippen molar-refractivity contribution in [3.8, 4) is 0 Å². The predicted octanol–water partition coefficient (Wildman–Crippen LogP) is 2.16. The Morgan fingerprint density at radius 3 is 2.50 bits per heavy atom. The molecule has 0 fully saturated rings. The number of benzene rings is 1. The van der Waals surface area contributed by atoms with Gasteiger partial charge in [-0.05, 0) is 30.3 Å². The number of alkyl halides is 1. The lowest BCUT2D eigenvalue weighted by molar-refractivity contribution is 0.442. The van der Waals surface area contributed by atoms with Gasteiger partial charge in [-0.2, -0.15) is 0 Å². The molecule has 12 heavy (non-hydrogen) atoms. The second kappa shape index (κ2) is 3.76. The van der Waals surface area contributed by atoms with Crippen molar-refractivity contribution in [2.75, 3.05) is 11.1 Å². The van der Waals surface area contributed by atoms with Gasteiger partial charge in [0.1, 0.15) is 0 Å². The molecule has 0 aliphatic rings. The Morgan fingerprint density at radius 2 is 2.00 bits per heavy atom. The maximum absolute atomic E-state index is 12.7. The molecule has 0 aliphatic heterocycles. The summed E-state index contributed by atoms with van der Waals surface area (Å²) in [5.41, 5.74) is 6.80. The van der Waals surface area contributed by atoms with Crippen LogP contribution in [0.25, 0.3) is 0 Å². The third-order valence-corrected chi connectivity index (χ3v) is 1.42. The molecular formula is C9H11FN2. The van der Waals surface area contributed by atoms with E-state index in [0.29, 0.717) is 11.4 Å². The fraction of sp³-hybridized carbons (Fsp3) is 0.111. The average molecular weight is 166 g/mol. The van der Waals surface area contributed by atoms with E-state index in [0.717, 1.165) is 0 Å². The van der Waals surface area contributed by atoms with Crippen molar-refractivity contribution in [3.63, 3.8) is 0 Å². The molecule has 1 atom stereocenters. The van der Waals surface area contributed by atoms with E-state index in [1.807, 2.05) is 0 Å². The van der Waals surface area contributed by atoms with Crippen LogP contribution in [0.15, 0.2) is 36.9 Å². The molecule has 0 saturated heterocycles.